The number of hydrogen-bond acceptors (Lipinski definition) is 5. The zero-order valence-electron chi connectivity index (χ0n) is 17.5. The SMILES string of the molecule is CC(C(=O)NO)N1CCC(C)(c2ccc(OCc3ccnc4ccccc34)cc2)C1=O. The summed E-state index contributed by atoms with van der Waals surface area (Å²) in [4.78, 5) is 30.6. The number of carbonyl (C=O) groups is 2. The number of aromatic nitrogens is 1. The standard InChI is InChI=1S/C24H25N3O4/c1-16(22(28)26-30)27-14-12-24(2,23(27)29)18-7-9-19(10-8-18)31-15-17-11-13-25-21-6-4-3-5-20(17)21/h3-11,13,16,30H,12,14-15H2,1-2H3,(H,26,28). The van der Waals surface area contributed by atoms with Crippen molar-refractivity contribution in [3.8, 4) is 5.75 Å². The molecule has 1 aliphatic heterocycles. The minimum Gasteiger partial charge on any atom is -0.489 e. The van der Waals surface area contributed by atoms with Crippen LogP contribution < -0.4 is 10.2 Å². The van der Waals surface area contributed by atoms with Gasteiger partial charge in [-0.3, -0.25) is 19.8 Å². The smallest absolute Gasteiger partial charge is 0.265 e. The summed E-state index contributed by atoms with van der Waals surface area (Å²) in [6, 6.07) is 16.7. The van der Waals surface area contributed by atoms with E-state index in [4.69, 9.17) is 9.94 Å². The maximum absolute atomic E-state index is 13.0. The minimum atomic E-state index is -0.725. The normalized spacial score (nSPS) is 19.5. The number of likely N-dealkylation sites (tertiary alicyclic amines) is 1. The quantitative estimate of drug-likeness (QED) is 0.473. The highest BCUT2D eigenvalue weighted by Crippen LogP contribution is 2.37. The fourth-order valence-corrected chi connectivity index (χ4v) is 4.10. The third-order valence-corrected chi connectivity index (χ3v) is 6.17. The van der Waals surface area contributed by atoms with Gasteiger partial charge in [-0.15, -0.1) is 0 Å². The van der Waals surface area contributed by atoms with Gasteiger partial charge in [0.2, 0.25) is 5.91 Å². The van der Waals surface area contributed by atoms with Gasteiger partial charge in [0.15, 0.2) is 0 Å². The van der Waals surface area contributed by atoms with E-state index in [-0.39, 0.29) is 5.91 Å². The van der Waals surface area contributed by atoms with Crippen LogP contribution in [0.25, 0.3) is 10.9 Å². The molecular formula is C24H25N3O4. The molecule has 3 aromatic rings. The van der Waals surface area contributed by atoms with E-state index < -0.39 is 17.4 Å². The Bertz CT molecular complexity index is 1110. The van der Waals surface area contributed by atoms with Crippen LogP contribution in [0.15, 0.2) is 60.8 Å². The van der Waals surface area contributed by atoms with Crippen LogP contribution in [0.5, 0.6) is 5.75 Å². The molecule has 7 heteroatoms. The van der Waals surface area contributed by atoms with Crippen LogP contribution in [0.3, 0.4) is 0 Å². The molecular weight excluding hydrogens is 394 g/mol. The zero-order valence-corrected chi connectivity index (χ0v) is 17.5. The summed E-state index contributed by atoms with van der Waals surface area (Å²) in [6.07, 6.45) is 2.37. The molecule has 1 fully saturated rings. The number of amides is 2. The Balaban J connectivity index is 1.47. The predicted molar refractivity (Wildman–Crippen MR) is 116 cm³/mol. The number of hydroxylamine groups is 1. The summed E-state index contributed by atoms with van der Waals surface area (Å²) in [5.41, 5.74) is 3.76. The fraction of sp³-hybridized carbons (Fsp3) is 0.292. The summed E-state index contributed by atoms with van der Waals surface area (Å²) in [6.45, 7) is 4.37. The van der Waals surface area contributed by atoms with Gasteiger partial charge in [0.25, 0.3) is 5.91 Å². The molecule has 2 atom stereocenters. The van der Waals surface area contributed by atoms with E-state index in [0.29, 0.717) is 25.3 Å². The van der Waals surface area contributed by atoms with E-state index in [0.717, 1.165) is 22.0 Å². The van der Waals surface area contributed by atoms with Gasteiger partial charge in [0.1, 0.15) is 18.4 Å². The summed E-state index contributed by atoms with van der Waals surface area (Å²) in [5.74, 6) is -0.00548. The topological polar surface area (TPSA) is 91.8 Å². The third-order valence-electron chi connectivity index (χ3n) is 6.17. The van der Waals surface area contributed by atoms with E-state index in [1.54, 1.807) is 18.6 Å². The van der Waals surface area contributed by atoms with Crippen molar-refractivity contribution in [2.45, 2.75) is 38.3 Å². The number of benzene rings is 2. The molecule has 31 heavy (non-hydrogen) atoms. The second-order valence-corrected chi connectivity index (χ2v) is 8.03. The number of pyridine rings is 1. The first-order chi connectivity index (χ1) is 14.9. The van der Waals surface area contributed by atoms with Gasteiger partial charge < -0.3 is 9.64 Å². The molecule has 0 bridgehead atoms. The second-order valence-electron chi connectivity index (χ2n) is 8.03. The lowest BCUT2D eigenvalue weighted by Crippen LogP contribution is -2.47. The van der Waals surface area contributed by atoms with Crippen molar-refractivity contribution in [3.05, 3.63) is 71.9 Å². The first-order valence-electron chi connectivity index (χ1n) is 10.2. The lowest BCUT2D eigenvalue weighted by Gasteiger charge is -2.27. The summed E-state index contributed by atoms with van der Waals surface area (Å²) in [5, 5.41) is 9.93. The largest absolute Gasteiger partial charge is 0.489 e. The molecule has 0 radical (unpaired) electrons. The van der Waals surface area contributed by atoms with Crippen LogP contribution in [-0.4, -0.2) is 39.5 Å². The van der Waals surface area contributed by atoms with Gasteiger partial charge in [-0.25, -0.2) is 5.48 Å². The summed E-state index contributed by atoms with van der Waals surface area (Å²) < 4.78 is 5.98. The van der Waals surface area contributed by atoms with Crippen molar-refractivity contribution in [2.24, 2.45) is 0 Å². The minimum absolute atomic E-state index is 0.125. The lowest BCUT2D eigenvalue weighted by molar-refractivity contribution is -0.143. The molecule has 160 valence electrons. The number of nitrogens with one attached hydrogen (secondary N) is 1. The van der Waals surface area contributed by atoms with Gasteiger partial charge in [-0.2, -0.15) is 0 Å². The Morgan fingerprint density at radius 3 is 2.71 bits per heavy atom. The number of hydrogen-bond donors (Lipinski definition) is 2. The first kappa shape index (κ1) is 20.8. The maximum atomic E-state index is 13.0. The molecule has 2 unspecified atom stereocenters. The van der Waals surface area contributed by atoms with Gasteiger partial charge in [0, 0.05) is 23.7 Å². The summed E-state index contributed by atoms with van der Waals surface area (Å²) >= 11 is 0. The average molecular weight is 419 g/mol. The van der Waals surface area contributed by atoms with E-state index in [2.05, 4.69) is 4.98 Å². The van der Waals surface area contributed by atoms with Crippen molar-refractivity contribution < 1.29 is 19.5 Å². The third kappa shape index (κ3) is 3.84. The van der Waals surface area contributed by atoms with Crippen molar-refractivity contribution in [2.75, 3.05) is 6.54 Å². The van der Waals surface area contributed by atoms with Crippen molar-refractivity contribution >= 4 is 22.7 Å². The number of nitrogens with zero attached hydrogens (tertiary/aromatic N) is 2. The monoisotopic (exact) mass is 419 g/mol. The van der Waals surface area contributed by atoms with E-state index in [9.17, 15) is 9.59 Å². The molecule has 0 spiro atoms. The van der Waals surface area contributed by atoms with Crippen LogP contribution in [-0.2, 0) is 21.6 Å². The van der Waals surface area contributed by atoms with Crippen LogP contribution >= 0.6 is 0 Å². The Morgan fingerprint density at radius 2 is 1.97 bits per heavy atom. The Hall–Kier alpha value is -3.45. The molecule has 2 aromatic carbocycles. The number of para-hydroxylation sites is 1. The van der Waals surface area contributed by atoms with Gasteiger partial charge in [-0.05, 0) is 50.1 Å². The highest BCUT2D eigenvalue weighted by molar-refractivity contribution is 5.94. The molecule has 1 saturated heterocycles. The van der Waals surface area contributed by atoms with E-state index >= 15 is 0 Å². The average Bonchev–Trinajstić information content (AvgIpc) is 3.12. The fourth-order valence-electron chi connectivity index (χ4n) is 4.10. The highest BCUT2D eigenvalue weighted by Gasteiger charge is 2.46. The molecule has 7 nitrogen and oxygen atoms in total. The molecule has 1 aliphatic rings. The Morgan fingerprint density at radius 1 is 1.23 bits per heavy atom. The Labute approximate surface area is 180 Å². The van der Waals surface area contributed by atoms with Gasteiger partial charge in [-0.1, -0.05) is 30.3 Å². The molecule has 0 saturated carbocycles. The van der Waals surface area contributed by atoms with Gasteiger partial charge in [0.05, 0.1) is 10.9 Å². The van der Waals surface area contributed by atoms with E-state index in [1.165, 1.54) is 4.90 Å². The summed E-state index contributed by atoms with van der Waals surface area (Å²) in [7, 11) is 0. The predicted octanol–water partition coefficient (Wildman–Crippen LogP) is 3.20. The van der Waals surface area contributed by atoms with Crippen LogP contribution in [0, 0.1) is 0 Å². The maximum Gasteiger partial charge on any atom is 0.265 e. The highest BCUT2D eigenvalue weighted by atomic mass is 16.5. The molecule has 2 heterocycles. The molecule has 2 N–H and O–H groups in total. The van der Waals surface area contributed by atoms with E-state index in [1.807, 2.05) is 61.5 Å². The van der Waals surface area contributed by atoms with Crippen LogP contribution in [0.2, 0.25) is 0 Å². The molecule has 4 rings (SSSR count). The van der Waals surface area contributed by atoms with Crippen LogP contribution in [0.1, 0.15) is 31.4 Å². The van der Waals surface area contributed by atoms with Crippen LogP contribution in [0.4, 0.5) is 0 Å². The lowest BCUT2D eigenvalue weighted by atomic mass is 9.81. The number of carbonyl (C=O) groups excluding carboxylic acids is 2. The first-order valence-corrected chi connectivity index (χ1v) is 10.2. The molecule has 2 amide bonds. The van der Waals surface area contributed by atoms with Gasteiger partial charge >= 0.3 is 0 Å². The zero-order chi connectivity index (χ0) is 22.0. The van der Waals surface area contributed by atoms with Crippen molar-refractivity contribution in [1.82, 2.24) is 15.4 Å². The van der Waals surface area contributed by atoms with Crippen molar-refractivity contribution in [3.63, 3.8) is 0 Å². The number of fused-ring (bicyclic) bond motifs is 1. The number of rotatable bonds is 6. The second kappa shape index (κ2) is 8.35. The molecule has 0 aliphatic carbocycles. The number of ether oxygens (including phenoxy) is 1. The van der Waals surface area contributed by atoms with Crippen molar-refractivity contribution in [1.29, 1.82) is 0 Å². The molecule has 1 aromatic heterocycles. The Kier molecular flexibility index (Phi) is 5.61.